The monoisotopic (exact) mass is 333 g/mol. The smallest absolute Gasteiger partial charge is 0.301 e. The SMILES string of the molecule is CC(C)(O)C(C)(C)O[B]C1CC=C2C3=C(CCC=C3)c3cccc1c32. The minimum atomic E-state index is -0.900. The van der Waals surface area contributed by atoms with E-state index in [2.05, 4.69) is 36.4 Å². The predicted molar refractivity (Wildman–Crippen MR) is 104 cm³/mol. The van der Waals surface area contributed by atoms with Crippen molar-refractivity contribution in [1.82, 2.24) is 0 Å². The van der Waals surface area contributed by atoms with Gasteiger partial charge in [0, 0.05) is 0 Å². The number of rotatable bonds is 4. The fraction of sp³-hybridized carbons (Fsp3) is 0.455. The summed E-state index contributed by atoms with van der Waals surface area (Å²) in [5, 5.41) is 10.3. The fourth-order valence-corrected chi connectivity index (χ4v) is 3.87. The molecular formula is C22H26BO2. The van der Waals surface area contributed by atoms with Crippen LogP contribution in [0.2, 0.25) is 0 Å². The summed E-state index contributed by atoms with van der Waals surface area (Å²) in [6, 6.07) is 6.67. The van der Waals surface area contributed by atoms with Crippen molar-refractivity contribution >= 4 is 18.6 Å². The quantitative estimate of drug-likeness (QED) is 0.801. The average molecular weight is 333 g/mol. The molecule has 3 heteroatoms. The summed E-state index contributed by atoms with van der Waals surface area (Å²) in [6.07, 6.45) is 10.2. The normalized spacial score (nSPS) is 21.8. The lowest BCUT2D eigenvalue weighted by molar-refractivity contribution is -0.0910. The van der Waals surface area contributed by atoms with Gasteiger partial charge in [-0.3, -0.25) is 0 Å². The molecule has 0 fully saturated rings. The molecule has 0 saturated carbocycles. The Morgan fingerprint density at radius 1 is 1.20 bits per heavy atom. The Morgan fingerprint density at radius 2 is 2.00 bits per heavy atom. The van der Waals surface area contributed by atoms with Crippen LogP contribution in [0.25, 0.3) is 11.1 Å². The molecule has 4 rings (SSSR count). The zero-order valence-corrected chi connectivity index (χ0v) is 15.6. The third-order valence-electron chi connectivity index (χ3n) is 6.13. The zero-order chi connectivity index (χ0) is 17.8. The molecule has 0 aromatic heterocycles. The molecular weight excluding hydrogens is 307 g/mol. The summed E-state index contributed by atoms with van der Waals surface area (Å²) in [4.78, 5) is 0. The maximum atomic E-state index is 10.3. The van der Waals surface area contributed by atoms with Crippen LogP contribution in [0.15, 0.2) is 42.0 Å². The average Bonchev–Trinajstić information content (AvgIpc) is 2.90. The zero-order valence-electron chi connectivity index (χ0n) is 15.6. The van der Waals surface area contributed by atoms with Crippen LogP contribution in [-0.2, 0) is 4.65 Å². The number of aliphatic hydroxyl groups is 1. The van der Waals surface area contributed by atoms with E-state index in [1.165, 1.54) is 33.4 Å². The minimum Gasteiger partial charge on any atom is -0.432 e. The Labute approximate surface area is 151 Å². The highest BCUT2D eigenvalue weighted by molar-refractivity contribution is 6.31. The molecule has 0 amide bonds. The van der Waals surface area contributed by atoms with Crippen LogP contribution in [-0.4, -0.2) is 23.8 Å². The third-order valence-corrected chi connectivity index (χ3v) is 6.13. The molecule has 1 radical (unpaired) electrons. The van der Waals surface area contributed by atoms with Crippen LogP contribution < -0.4 is 0 Å². The summed E-state index contributed by atoms with van der Waals surface area (Å²) in [7, 11) is 1.94. The summed E-state index contributed by atoms with van der Waals surface area (Å²) >= 11 is 0. The largest absolute Gasteiger partial charge is 0.432 e. The topological polar surface area (TPSA) is 29.5 Å². The Balaban J connectivity index is 1.64. The van der Waals surface area contributed by atoms with Gasteiger partial charge in [0.25, 0.3) is 0 Å². The van der Waals surface area contributed by atoms with Crippen molar-refractivity contribution in [3.8, 4) is 0 Å². The standard InChI is InChI=1S/C22H26BO2/c1-21(2,24)22(3,4)25-23-19-13-12-17-15-9-6-5-8-14(15)16-10-7-11-18(19)20(16)17/h6-7,9-12,19,24H,5,8,13H2,1-4H3. The number of hydrogen-bond donors (Lipinski definition) is 1. The second kappa shape index (κ2) is 5.72. The summed E-state index contributed by atoms with van der Waals surface area (Å²) in [5.41, 5.74) is 6.96. The van der Waals surface area contributed by atoms with Gasteiger partial charge >= 0.3 is 7.48 Å². The van der Waals surface area contributed by atoms with Gasteiger partial charge in [-0.1, -0.05) is 36.4 Å². The second-order valence-corrected chi connectivity index (χ2v) is 8.39. The summed E-state index contributed by atoms with van der Waals surface area (Å²) in [6.45, 7) is 7.47. The fourth-order valence-electron chi connectivity index (χ4n) is 3.87. The number of allylic oxidation sites excluding steroid dienone is 6. The first kappa shape index (κ1) is 16.9. The first-order valence-corrected chi connectivity index (χ1v) is 9.27. The molecule has 1 aromatic carbocycles. The van der Waals surface area contributed by atoms with Crippen molar-refractivity contribution in [2.45, 2.75) is 64.0 Å². The maximum absolute atomic E-state index is 10.3. The van der Waals surface area contributed by atoms with E-state index in [9.17, 15) is 5.11 Å². The van der Waals surface area contributed by atoms with Crippen molar-refractivity contribution in [2.75, 3.05) is 0 Å². The van der Waals surface area contributed by atoms with Gasteiger partial charge < -0.3 is 9.76 Å². The molecule has 0 saturated heterocycles. The lowest BCUT2D eigenvalue weighted by atomic mass is 9.66. The molecule has 2 nitrogen and oxygen atoms in total. The van der Waals surface area contributed by atoms with Crippen molar-refractivity contribution in [1.29, 1.82) is 0 Å². The van der Waals surface area contributed by atoms with Crippen molar-refractivity contribution in [3.63, 3.8) is 0 Å². The molecule has 0 heterocycles. The van der Waals surface area contributed by atoms with E-state index in [1.54, 1.807) is 13.8 Å². The Kier molecular flexibility index (Phi) is 3.86. The maximum Gasteiger partial charge on any atom is 0.301 e. The lowest BCUT2D eigenvalue weighted by Gasteiger charge is -2.39. The van der Waals surface area contributed by atoms with Crippen LogP contribution in [0.1, 0.15) is 69.5 Å². The lowest BCUT2D eigenvalue weighted by Crippen LogP contribution is -2.48. The van der Waals surface area contributed by atoms with Crippen LogP contribution in [0.4, 0.5) is 0 Å². The van der Waals surface area contributed by atoms with Gasteiger partial charge in [0.15, 0.2) is 0 Å². The summed E-state index contributed by atoms with van der Waals surface area (Å²) < 4.78 is 6.07. The van der Waals surface area contributed by atoms with Gasteiger partial charge in [0.1, 0.15) is 0 Å². The van der Waals surface area contributed by atoms with Crippen LogP contribution in [0.5, 0.6) is 0 Å². The number of fused-ring (bicyclic) bond motifs is 2. The second-order valence-electron chi connectivity index (χ2n) is 8.39. The number of benzene rings is 1. The molecule has 1 N–H and O–H groups in total. The Hall–Kier alpha value is -1.58. The van der Waals surface area contributed by atoms with Crippen molar-refractivity contribution in [2.24, 2.45) is 0 Å². The van der Waals surface area contributed by atoms with Gasteiger partial charge in [-0.05, 0) is 86.2 Å². The Bertz CT molecular complexity index is 806. The van der Waals surface area contributed by atoms with Crippen LogP contribution >= 0.6 is 0 Å². The van der Waals surface area contributed by atoms with E-state index in [1.807, 2.05) is 21.3 Å². The van der Waals surface area contributed by atoms with E-state index < -0.39 is 11.2 Å². The molecule has 0 aliphatic heterocycles. The first-order valence-electron chi connectivity index (χ1n) is 9.27. The van der Waals surface area contributed by atoms with Gasteiger partial charge in [0.2, 0.25) is 0 Å². The van der Waals surface area contributed by atoms with E-state index in [0.717, 1.165) is 19.3 Å². The van der Waals surface area contributed by atoms with Gasteiger partial charge in [-0.25, -0.2) is 0 Å². The molecule has 0 spiro atoms. The summed E-state index contributed by atoms with van der Waals surface area (Å²) in [5.74, 6) is 0.227. The molecule has 1 aromatic rings. The molecule has 25 heavy (non-hydrogen) atoms. The van der Waals surface area contributed by atoms with E-state index in [4.69, 9.17) is 4.65 Å². The van der Waals surface area contributed by atoms with Gasteiger partial charge in [-0.15, -0.1) is 0 Å². The predicted octanol–water partition coefficient (Wildman–Crippen LogP) is 4.82. The highest BCUT2D eigenvalue weighted by atomic mass is 16.5. The molecule has 1 unspecified atom stereocenters. The van der Waals surface area contributed by atoms with Gasteiger partial charge in [0.05, 0.1) is 11.2 Å². The Morgan fingerprint density at radius 3 is 2.76 bits per heavy atom. The number of hydrogen-bond acceptors (Lipinski definition) is 2. The first-order chi connectivity index (χ1) is 11.8. The van der Waals surface area contributed by atoms with Crippen LogP contribution in [0, 0.1) is 0 Å². The van der Waals surface area contributed by atoms with Crippen molar-refractivity contribution < 1.29 is 9.76 Å². The highest BCUT2D eigenvalue weighted by Gasteiger charge is 2.38. The molecule has 3 aliphatic rings. The van der Waals surface area contributed by atoms with Gasteiger partial charge in [-0.2, -0.15) is 0 Å². The highest BCUT2D eigenvalue weighted by Crippen LogP contribution is 2.51. The van der Waals surface area contributed by atoms with E-state index >= 15 is 0 Å². The van der Waals surface area contributed by atoms with E-state index in [-0.39, 0.29) is 5.82 Å². The molecule has 129 valence electrons. The van der Waals surface area contributed by atoms with Crippen LogP contribution in [0.3, 0.4) is 0 Å². The molecule has 0 bridgehead atoms. The molecule has 3 aliphatic carbocycles. The third kappa shape index (κ3) is 2.65. The van der Waals surface area contributed by atoms with Crippen molar-refractivity contribution in [3.05, 3.63) is 58.7 Å². The minimum absolute atomic E-state index is 0.227. The van der Waals surface area contributed by atoms with E-state index in [0.29, 0.717) is 0 Å². The molecule has 1 atom stereocenters.